The molecular weight excluding hydrogens is 284 g/mol. The molecule has 1 aliphatic heterocycles. The van der Waals surface area contributed by atoms with E-state index in [0.29, 0.717) is 9.80 Å². The summed E-state index contributed by atoms with van der Waals surface area (Å²) in [5, 5.41) is 3.53. The Hall–Kier alpha value is -2.49. The largest absolute Gasteiger partial charge is 0.399 e. The summed E-state index contributed by atoms with van der Waals surface area (Å²) < 4.78 is 0. The molecule has 21 heavy (non-hydrogen) atoms. The number of amides is 5. The van der Waals surface area contributed by atoms with Gasteiger partial charge in [-0.1, -0.05) is 5.16 Å². The first-order chi connectivity index (χ1) is 9.70. The van der Waals surface area contributed by atoms with Gasteiger partial charge in [0, 0.05) is 21.0 Å². The van der Waals surface area contributed by atoms with Crippen LogP contribution in [0.1, 0.15) is 13.8 Å². The molecule has 0 aromatic heterocycles. The van der Waals surface area contributed by atoms with Crippen molar-refractivity contribution in [1.29, 1.82) is 0 Å². The van der Waals surface area contributed by atoms with Crippen molar-refractivity contribution in [3.8, 4) is 0 Å². The Morgan fingerprint density at radius 2 is 1.62 bits per heavy atom. The number of hydrogen-bond acceptors (Lipinski definition) is 7. The third kappa shape index (κ3) is 2.57. The van der Waals surface area contributed by atoms with E-state index in [4.69, 9.17) is 4.84 Å². The molecule has 0 bridgehead atoms. The molecule has 1 N–H and O–H groups in total. The standard InChI is InChI=1S/C11H16N4O6/c1-6(12-20-5)11(21-13-7(2)16)8(17)14(3)10(19)15(4)9(11)18/h1-5H3,(H,13,16)/b12-6+. The molecule has 0 aliphatic carbocycles. The van der Waals surface area contributed by atoms with E-state index in [1.54, 1.807) is 0 Å². The van der Waals surface area contributed by atoms with Gasteiger partial charge in [-0.05, 0) is 6.92 Å². The summed E-state index contributed by atoms with van der Waals surface area (Å²) >= 11 is 0. The van der Waals surface area contributed by atoms with Crippen LogP contribution in [0.5, 0.6) is 0 Å². The average Bonchev–Trinajstić information content (AvgIpc) is 2.43. The minimum Gasteiger partial charge on any atom is -0.399 e. The van der Waals surface area contributed by atoms with E-state index in [-0.39, 0.29) is 5.71 Å². The minimum absolute atomic E-state index is 0.167. The summed E-state index contributed by atoms with van der Waals surface area (Å²) in [6.45, 7) is 2.44. The third-order valence-corrected chi connectivity index (χ3v) is 2.87. The van der Waals surface area contributed by atoms with Gasteiger partial charge in [0.1, 0.15) is 12.8 Å². The zero-order valence-corrected chi connectivity index (χ0v) is 12.3. The Kier molecular flexibility index (Phi) is 4.63. The van der Waals surface area contributed by atoms with Gasteiger partial charge in [-0.25, -0.2) is 15.1 Å². The summed E-state index contributed by atoms with van der Waals surface area (Å²) in [5.41, 5.74) is -0.529. The summed E-state index contributed by atoms with van der Waals surface area (Å²) in [6.07, 6.45) is 0. The molecule has 0 atom stereocenters. The molecule has 116 valence electrons. The van der Waals surface area contributed by atoms with Crippen molar-refractivity contribution in [1.82, 2.24) is 15.3 Å². The second-order valence-electron chi connectivity index (χ2n) is 4.31. The number of oxime groups is 1. The summed E-state index contributed by atoms with van der Waals surface area (Å²) in [6, 6.07) is -0.822. The van der Waals surface area contributed by atoms with Gasteiger partial charge >= 0.3 is 6.03 Å². The van der Waals surface area contributed by atoms with Crippen molar-refractivity contribution < 1.29 is 28.9 Å². The minimum atomic E-state index is -2.29. The van der Waals surface area contributed by atoms with E-state index in [1.807, 2.05) is 5.48 Å². The lowest BCUT2D eigenvalue weighted by Crippen LogP contribution is -2.72. The fourth-order valence-electron chi connectivity index (χ4n) is 1.78. The number of nitrogens with one attached hydrogen (secondary N) is 1. The zero-order chi connectivity index (χ0) is 16.4. The summed E-state index contributed by atoms with van der Waals surface area (Å²) in [5.74, 6) is -2.60. The molecule has 1 saturated heterocycles. The summed E-state index contributed by atoms with van der Waals surface area (Å²) in [4.78, 5) is 58.5. The van der Waals surface area contributed by atoms with Crippen molar-refractivity contribution >= 4 is 29.5 Å². The first kappa shape index (κ1) is 16.6. The molecule has 1 fully saturated rings. The van der Waals surface area contributed by atoms with Crippen LogP contribution in [0, 0.1) is 0 Å². The number of rotatable bonds is 4. The number of carbonyl (C=O) groups is 4. The highest BCUT2D eigenvalue weighted by Gasteiger charge is 2.60. The smallest absolute Gasteiger partial charge is 0.333 e. The van der Waals surface area contributed by atoms with Gasteiger partial charge in [0.2, 0.25) is 5.91 Å². The quantitative estimate of drug-likeness (QED) is 0.398. The molecule has 5 amide bonds. The molecule has 10 nitrogen and oxygen atoms in total. The Bertz CT molecular complexity index is 505. The van der Waals surface area contributed by atoms with Crippen molar-refractivity contribution in [3.05, 3.63) is 0 Å². The lowest BCUT2D eigenvalue weighted by Gasteiger charge is -2.39. The summed E-state index contributed by atoms with van der Waals surface area (Å²) in [7, 11) is 3.57. The maximum atomic E-state index is 12.4. The van der Waals surface area contributed by atoms with Crippen molar-refractivity contribution in [3.63, 3.8) is 0 Å². The van der Waals surface area contributed by atoms with Gasteiger partial charge in [0.05, 0.1) is 0 Å². The number of likely N-dealkylation sites (N-methyl/N-ethyl adjacent to an activating group) is 2. The lowest BCUT2D eigenvalue weighted by atomic mass is 9.93. The number of imide groups is 2. The highest BCUT2D eigenvalue weighted by atomic mass is 16.7. The Morgan fingerprint density at radius 1 is 1.14 bits per heavy atom. The molecule has 1 aliphatic rings. The molecule has 0 aromatic rings. The van der Waals surface area contributed by atoms with Crippen molar-refractivity contribution in [2.45, 2.75) is 19.4 Å². The molecule has 0 aromatic carbocycles. The SMILES string of the molecule is CO/N=C(\C)C1(ONC(C)=O)C(=O)N(C)C(=O)N(C)C1=O. The maximum Gasteiger partial charge on any atom is 0.333 e. The van der Waals surface area contributed by atoms with Gasteiger partial charge in [-0.3, -0.25) is 24.2 Å². The fourth-order valence-corrected chi connectivity index (χ4v) is 1.78. The molecule has 1 rings (SSSR count). The predicted molar refractivity (Wildman–Crippen MR) is 68.7 cm³/mol. The normalized spacial score (nSPS) is 18.9. The van der Waals surface area contributed by atoms with Gasteiger partial charge in [0.25, 0.3) is 17.4 Å². The van der Waals surface area contributed by atoms with Crippen LogP contribution in [0.4, 0.5) is 4.79 Å². The number of barbiturate groups is 1. The van der Waals surface area contributed by atoms with E-state index in [1.165, 1.54) is 28.1 Å². The van der Waals surface area contributed by atoms with Crippen LogP contribution in [0.2, 0.25) is 0 Å². The number of hydrogen-bond donors (Lipinski definition) is 1. The highest BCUT2D eigenvalue weighted by Crippen LogP contribution is 2.25. The van der Waals surface area contributed by atoms with Gasteiger partial charge in [0.15, 0.2) is 0 Å². The van der Waals surface area contributed by atoms with Gasteiger partial charge < -0.3 is 4.84 Å². The van der Waals surface area contributed by atoms with Crippen LogP contribution >= 0.6 is 0 Å². The molecule has 10 heteroatoms. The van der Waals surface area contributed by atoms with Crippen LogP contribution in [0.25, 0.3) is 0 Å². The second kappa shape index (κ2) is 5.87. The van der Waals surface area contributed by atoms with Gasteiger partial charge in [-0.2, -0.15) is 0 Å². The molecule has 0 spiro atoms. The highest BCUT2D eigenvalue weighted by molar-refractivity contribution is 6.34. The van der Waals surface area contributed by atoms with E-state index >= 15 is 0 Å². The lowest BCUT2D eigenvalue weighted by molar-refractivity contribution is -0.176. The van der Waals surface area contributed by atoms with Crippen molar-refractivity contribution in [2.24, 2.45) is 5.16 Å². The molecule has 0 saturated carbocycles. The molecule has 0 radical (unpaired) electrons. The van der Waals surface area contributed by atoms with E-state index < -0.39 is 29.4 Å². The maximum absolute atomic E-state index is 12.4. The topological polar surface area (TPSA) is 118 Å². The molecular formula is C11H16N4O6. The molecule has 1 heterocycles. The second-order valence-corrected chi connectivity index (χ2v) is 4.31. The third-order valence-electron chi connectivity index (χ3n) is 2.87. The Balaban J connectivity index is 3.42. The Morgan fingerprint density at radius 3 is 2.00 bits per heavy atom. The number of urea groups is 1. The van der Waals surface area contributed by atoms with Crippen molar-refractivity contribution in [2.75, 3.05) is 21.2 Å². The fraction of sp³-hybridized carbons (Fsp3) is 0.545. The van der Waals surface area contributed by atoms with Crippen LogP contribution in [-0.2, 0) is 24.1 Å². The van der Waals surface area contributed by atoms with Gasteiger partial charge in [-0.15, -0.1) is 0 Å². The van der Waals surface area contributed by atoms with Crippen LogP contribution in [-0.4, -0.2) is 66.1 Å². The van der Waals surface area contributed by atoms with Crippen LogP contribution < -0.4 is 5.48 Å². The number of hydroxylamine groups is 1. The average molecular weight is 300 g/mol. The van der Waals surface area contributed by atoms with Crippen LogP contribution in [0.3, 0.4) is 0 Å². The van der Waals surface area contributed by atoms with Crippen LogP contribution in [0.15, 0.2) is 5.16 Å². The monoisotopic (exact) mass is 300 g/mol. The predicted octanol–water partition coefficient (Wildman–Crippen LogP) is -1.13. The first-order valence-corrected chi connectivity index (χ1v) is 5.83. The van der Waals surface area contributed by atoms with E-state index in [0.717, 1.165) is 6.92 Å². The van der Waals surface area contributed by atoms with E-state index in [9.17, 15) is 19.2 Å². The zero-order valence-electron chi connectivity index (χ0n) is 12.3. The Labute approximate surface area is 120 Å². The van der Waals surface area contributed by atoms with E-state index in [2.05, 4.69) is 9.99 Å². The number of nitrogens with zero attached hydrogens (tertiary/aromatic N) is 3. The molecule has 0 unspecified atom stereocenters. The number of carbonyl (C=O) groups excluding carboxylic acids is 4. The first-order valence-electron chi connectivity index (χ1n) is 5.83.